The number of carbonyl (C=O) groups is 2. The van der Waals surface area contributed by atoms with Crippen LogP contribution in [0.4, 0.5) is 10.5 Å². The monoisotopic (exact) mass is 290 g/mol. The van der Waals surface area contributed by atoms with Crippen molar-refractivity contribution >= 4 is 17.7 Å². The maximum Gasteiger partial charge on any atom is 0.319 e. The summed E-state index contributed by atoms with van der Waals surface area (Å²) in [6.45, 7) is 4.73. The minimum atomic E-state index is -0.808. The van der Waals surface area contributed by atoms with Gasteiger partial charge in [-0.3, -0.25) is 4.79 Å². The van der Waals surface area contributed by atoms with Crippen LogP contribution in [0, 0.1) is 5.41 Å². The van der Waals surface area contributed by atoms with Gasteiger partial charge in [-0.15, -0.1) is 0 Å². The van der Waals surface area contributed by atoms with Gasteiger partial charge in [-0.2, -0.15) is 0 Å². The molecule has 2 rings (SSSR count). The molecule has 5 heteroatoms. The maximum absolute atomic E-state index is 11.8. The van der Waals surface area contributed by atoms with Gasteiger partial charge in [0.25, 0.3) is 0 Å². The zero-order valence-electron chi connectivity index (χ0n) is 12.5. The molecule has 1 aromatic rings. The Morgan fingerprint density at radius 3 is 2.43 bits per heavy atom. The average molecular weight is 290 g/mol. The summed E-state index contributed by atoms with van der Waals surface area (Å²) < 4.78 is 0. The largest absolute Gasteiger partial charge is 0.481 e. The number of benzene rings is 1. The number of hydrogen-bond acceptors (Lipinski definition) is 2. The summed E-state index contributed by atoms with van der Waals surface area (Å²) in [6, 6.07) is 7.10. The summed E-state index contributed by atoms with van der Waals surface area (Å²) in [5.74, 6) is -0.849. The number of carboxylic acid groups (broad SMARTS) is 1. The van der Waals surface area contributed by atoms with Crippen LogP contribution in [-0.4, -0.2) is 23.7 Å². The molecular formula is C16H22N2O3. The quantitative estimate of drug-likeness (QED) is 0.753. The number of carbonyl (C=O) groups excluding carboxylic acids is 1. The van der Waals surface area contributed by atoms with Crippen LogP contribution in [0.2, 0.25) is 0 Å². The van der Waals surface area contributed by atoms with Gasteiger partial charge in [-0.05, 0) is 41.9 Å². The molecule has 114 valence electrons. The Hall–Kier alpha value is -2.04. The molecule has 1 unspecified atom stereocenters. The van der Waals surface area contributed by atoms with E-state index in [0.717, 1.165) is 5.56 Å². The van der Waals surface area contributed by atoms with E-state index in [9.17, 15) is 9.59 Å². The normalized spacial score (nSPS) is 16.9. The van der Waals surface area contributed by atoms with E-state index in [-0.39, 0.29) is 23.8 Å². The van der Waals surface area contributed by atoms with Crippen molar-refractivity contribution < 1.29 is 14.7 Å². The molecule has 0 saturated heterocycles. The molecule has 2 amide bonds. The molecule has 1 saturated carbocycles. The van der Waals surface area contributed by atoms with Crippen molar-refractivity contribution in [1.29, 1.82) is 0 Å². The number of amides is 2. The molecule has 5 nitrogen and oxygen atoms in total. The number of rotatable bonds is 6. The van der Waals surface area contributed by atoms with Gasteiger partial charge in [0.15, 0.2) is 0 Å². The van der Waals surface area contributed by atoms with Crippen molar-refractivity contribution in [1.82, 2.24) is 5.32 Å². The fourth-order valence-electron chi connectivity index (χ4n) is 2.13. The minimum absolute atomic E-state index is 0.0415. The van der Waals surface area contributed by atoms with Gasteiger partial charge in [-0.25, -0.2) is 4.79 Å². The van der Waals surface area contributed by atoms with E-state index in [1.54, 1.807) is 12.1 Å². The predicted molar refractivity (Wildman–Crippen MR) is 81.5 cm³/mol. The zero-order chi connectivity index (χ0) is 15.5. The number of hydrogen-bond donors (Lipinski definition) is 3. The molecule has 21 heavy (non-hydrogen) atoms. The standard InChI is InChI=1S/C16H22N2O3/c1-11(9-14(19)20)12-3-5-13(6-4-12)18-15(21)17-10-16(2)7-8-16/h3-6,11H,7-10H2,1-2H3,(H,19,20)(H2,17,18,21). The minimum Gasteiger partial charge on any atom is -0.481 e. The number of carboxylic acids is 1. The SMILES string of the molecule is CC(CC(=O)O)c1ccc(NC(=O)NCC2(C)CC2)cc1. The van der Waals surface area contributed by atoms with E-state index < -0.39 is 5.97 Å². The molecule has 0 aliphatic heterocycles. The topological polar surface area (TPSA) is 78.4 Å². The molecular weight excluding hydrogens is 268 g/mol. The van der Waals surface area contributed by atoms with Crippen LogP contribution in [0.15, 0.2) is 24.3 Å². The van der Waals surface area contributed by atoms with Crippen LogP contribution < -0.4 is 10.6 Å². The molecule has 1 fully saturated rings. The fraction of sp³-hybridized carbons (Fsp3) is 0.500. The molecule has 0 aromatic heterocycles. The molecule has 0 radical (unpaired) electrons. The fourth-order valence-corrected chi connectivity index (χ4v) is 2.13. The first-order valence-electron chi connectivity index (χ1n) is 7.25. The number of urea groups is 1. The van der Waals surface area contributed by atoms with Gasteiger partial charge in [0.1, 0.15) is 0 Å². The highest BCUT2D eigenvalue weighted by molar-refractivity contribution is 5.89. The number of nitrogens with one attached hydrogen (secondary N) is 2. The van der Waals surface area contributed by atoms with Gasteiger partial charge < -0.3 is 15.7 Å². The third-order valence-corrected chi connectivity index (χ3v) is 4.00. The summed E-state index contributed by atoms with van der Waals surface area (Å²) >= 11 is 0. The van der Waals surface area contributed by atoms with Gasteiger partial charge >= 0.3 is 12.0 Å². The Balaban J connectivity index is 1.83. The Kier molecular flexibility index (Phi) is 4.50. The summed E-state index contributed by atoms with van der Waals surface area (Å²) in [4.78, 5) is 22.4. The molecule has 0 bridgehead atoms. The third-order valence-electron chi connectivity index (χ3n) is 4.00. The second-order valence-electron chi connectivity index (χ2n) is 6.24. The van der Waals surface area contributed by atoms with Crippen LogP contribution in [0.5, 0.6) is 0 Å². The van der Waals surface area contributed by atoms with E-state index >= 15 is 0 Å². The zero-order valence-corrected chi connectivity index (χ0v) is 12.5. The molecule has 1 aliphatic carbocycles. The molecule has 1 aliphatic rings. The Morgan fingerprint density at radius 1 is 1.29 bits per heavy atom. The van der Waals surface area contributed by atoms with Crippen molar-refractivity contribution in [3.05, 3.63) is 29.8 Å². The third kappa shape index (κ3) is 4.77. The lowest BCUT2D eigenvalue weighted by molar-refractivity contribution is -0.137. The molecule has 0 spiro atoms. The summed E-state index contributed by atoms with van der Waals surface area (Å²) in [5, 5.41) is 14.4. The summed E-state index contributed by atoms with van der Waals surface area (Å²) in [6.07, 6.45) is 2.44. The van der Waals surface area contributed by atoms with E-state index in [1.165, 1.54) is 12.8 Å². The highest BCUT2D eigenvalue weighted by Crippen LogP contribution is 2.44. The van der Waals surface area contributed by atoms with Crippen LogP contribution in [0.1, 0.15) is 44.6 Å². The number of anilines is 1. The summed E-state index contributed by atoms with van der Waals surface area (Å²) in [7, 11) is 0. The smallest absolute Gasteiger partial charge is 0.319 e. The van der Waals surface area contributed by atoms with Gasteiger partial charge in [-0.1, -0.05) is 26.0 Å². The van der Waals surface area contributed by atoms with Crippen LogP contribution in [0.25, 0.3) is 0 Å². The second-order valence-corrected chi connectivity index (χ2v) is 6.24. The Labute approximate surface area is 124 Å². The van der Waals surface area contributed by atoms with E-state index in [1.807, 2.05) is 19.1 Å². The van der Waals surface area contributed by atoms with Gasteiger partial charge in [0, 0.05) is 12.2 Å². The maximum atomic E-state index is 11.8. The van der Waals surface area contributed by atoms with Crippen LogP contribution in [-0.2, 0) is 4.79 Å². The van der Waals surface area contributed by atoms with Gasteiger partial charge in [0.2, 0.25) is 0 Å². The Morgan fingerprint density at radius 2 is 1.90 bits per heavy atom. The Bertz CT molecular complexity index is 521. The van der Waals surface area contributed by atoms with Crippen LogP contribution in [0.3, 0.4) is 0 Å². The average Bonchev–Trinajstić information content (AvgIpc) is 3.15. The van der Waals surface area contributed by atoms with Gasteiger partial charge in [0.05, 0.1) is 6.42 Å². The van der Waals surface area contributed by atoms with Crippen molar-refractivity contribution in [2.24, 2.45) is 5.41 Å². The lowest BCUT2D eigenvalue weighted by atomic mass is 9.98. The van der Waals surface area contributed by atoms with Crippen LogP contribution >= 0.6 is 0 Å². The van der Waals surface area contributed by atoms with Crippen molar-refractivity contribution in [2.75, 3.05) is 11.9 Å². The van der Waals surface area contributed by atoms with E-state index in [0.29, 0.717) is 12.2 Å². The first-order chi connectivity index (χ1) is 9.88. The van der Waals surface area contributed by atoms with E-state index in [2.05, 4.69) is 17.6 Å². The lowest BCUT2D eigenvalue weighted by Crippen LogP contribution is -2.32. The molecule has 0 heterocycles. The van der Waals surface area contributed by atoms with E-state index in [4.69, 9.17) is 5.11 Å². The lowest BCUT2D eigenvalue weighted by Gasteiger charge is -2.13. The summed E-state index contributed by atoms with van der Waals surface area (Å²) in [5.41, 5.74) is 1.95. The highest BCUT2D eigenvalue weighted by atomic mass is 16.4. The van der Waals surface area contributed by atoms with Crippen molar-refractivity contribution in [3.63, 3.8) is 0 Å². The number of aliphatic carboxylic acids is 1. The van der Waals surface area contributed by atoms with Crippen molar-refractivity contribution in [3.8, 4) is 0 Å². The molecule has 1 aromatic carbocycles. The predicted octanol–water partition coefficient (Wildman–Crippen LogP) is 3.19. The highest BCUT2D eigenvalue weighted by Gasteiger charge is 2.37. The van der Waals surface area contributed by atoms with Crippen molar-refractivity contribution in [2.45, 2.75) is 39.0 Å². The second kappa shape index (κ2) is 6.16. The first kappa shape index (κ1) is 15.4. The first-order valence-corrected chi connectivity index (χ1v) is 7.25. The molecule has 1 atom stereocenters. The molecule has 3 N–H and O–H groups in total.